The van der Waals surface area contributed by atoms with E-state index in [2.05, 4.69) is 29.2 Å². The summed E-state index contributed by atoms with van der Waals surface area (Å²) in [5, 5.41) is 8.09. The van der Waals surface area contributed by atoms with Crippen LogP contribution in [0.3, 0.4) is 0 Å². The van der Waals surface area contributed by atoms with Crippen LogP contribution < -0.4 is 10.1 Å². The first-order valence-corrected chi connectivity index (χ1v) is 9.94. The number of halogens is 1. The molecule has 0 aliphatic carbocycles. The van der Waals surface area contributed by atoms with Crippen molar-refractivity contribution in [1.82, 2.24) is 20.0 Å². The molecule has 28 heavy (non-hydrogen) atoms. The van der Waals surface area contributed by atoms with Crippen molar-refractivity contribution in [1.29, 1.82) is 0 Å². The van der Waals surface area contributed by atoms with Gasteiger partial charge in [0.15, 0.2) is 11.4 Å². The lowest BCUT2D eigenvalue weighted by Crippen LogP contribution is -2.42. The van der Waals surface area contributed by atoms with Crippen LogP contribution in [0.15, 0.2) is 36.5 Å². The van der Waals surface area contributed by atoms with Gasteiger partial charge in [-0.2, -0.15) is 5.10 Å². The molecule has 1 aromatic heterocycles. The molecule has 0 saturated carbocycles. The van der Waals surface area contributed by atoms with Gasteiger partial charge in [-0.15, -0.1) is 12.4 Å². The fourth-order valence-electron chi connectivity index (χ4n) is 4.02. The van der Waals surface area contributed by atoms with Crippen LogP contribution in [-0.4, -0.2) is 52.4 Å². The average Bonchev–Trinajstić information content (AvgIpc) is 3.20. The Bertz CT molecular complexity index is 779. The first-order chi connectivity index (χ1) is 13.1. The van der Waals surface area contributed by atoms with Gasteiger partial charge < -0.3 is 15.0 Å². The molecule has 1 N–H and O–H groups in total. The molecule has 3 heterocycles. The number of para-hydroxylation sites is 1. The van der Waals surface area contributed by atoms with Gasteiger partial charge in [0.1, 0.15) is 0 Å². The Morgan fingerprint density at radius 1 is 1.21 bits per heavy atom. The molecule has 0 spiro atoms. The van der Waals surface area contributed by atoms with Crippen LogP contribution in [-0.2, 0) is 0 Å². The quantitative estimate of drug-likeness (QED) is 0.830. The van der Waals surface area contributed by atoms with Crippen LogP contribution in [0.1, 0.15) is 43.6 Å². The maximum Gasteiger partial charge on any atom is 0.278 e. The summed E-state index contributed by atoms with van der Waals surface area (Å²) in [5.41, 5.74) is 1.35. The van der Waals surface area contributed by atoms with Crippen molar-refractivity contribution in [3.63, 3.8) is 0 Å². The third-order valence-electron chi connectivity index (χ3n) is 5.36. The second-order valence-electron chi connectivity index (χ2n) is 7.92. The Kier molecular flexibility index (Phi) is 6.62. The van der Waals surface area contributed by atoms with Gasteiger partial charge in [-0.25, -0.2) is 4.68 Å². The minimum atomic E-state index is -0.000336. The SMILES string of the molecule is CC(C)COc1cn(-c2ccccc2)nc1C(=O)N1C2CCNCC1CC2.Cl. The highest BCUT2D eigenvalue weighted by Gasteiger charge is 2.40. The molecule has 2 aromatic rings. The van der Waals surface area contributed by atoms with E-state index in [1.54, 1.807) is 4.68 Å². The molecule has 2 aliphatic heterocycles. The Labute approximate surface area is 172 Å². The van der Waals surface area contributed by atoms with E-state index in [-0.39, 0.29) is 24.4 Å². The Morgan fingerprint density at radius 3 is 2.71 bits per heavy atom. The highest BCUT2D eigenvalue weighted by atomic mass is 35.5. The minimum Gasteiger partial charge on any atom is -0.489 e. The normalized spacial score (nSPS) is 21.3. The zero-order valence-electron chi connectivity index (χ0n) is 16.5. The molecular weight excluding hydrogens is 376 g/mol. The van der Waals surface area contributed by atoms with E-state index >= 15 is 0 Å². The number of benzene rings is 1. The summed E-state index contributed by atoms with van der Waals surface area (Å²) in [6, 6.07) is 10.4. The van der Waals surface area contributed by atoms with Crippen LogP contribution in [0.4, 0.5) is 0 Å². The number of nitrogens with one attached hydrogen (secondary N) is 1. The van der Waals surface area contributed by atoms with Gasteiger partial charge in [-0.3, -0.25) is 4.79 Å². The van der Waals surface area contributed by atoms with E-state index in [1.807, 2.05) is 36.5 Å². The molecule has 2 atom stereocenters. The fourth-order valence-corrected chi connectivity index (χ4v) is 4.02. The van der Waals surface area contributed by atoms with Crippen molar-refractivity contribution < 1.29 is 9.53 Å². The first kappa shape index (κ1) is 20.7. The van der Waals surface area contributed by atoms with E-state index in [1.165, 1.54) is 0 Å². The number of hydrogen-bond acceptors (Lipinski definition) is 4. The number of amides is 1. The van der Waals surface area contributed by atoms with Crippen LogP contribution in [0, 0.1) is 5.92 Å². The third-order valence-corrected chi connectivity index (χ3v) is 5.36. The van der Waals surface area contributed by atoms with Crippen molar-refractivity contribution in [3.05, 3.63) is 42.2 Å². The van der Waals surface area contributed by atoms with Crippen molar-refractivity contribution >= 4 is 18.3 Å². The van der Waals surface area contributed by atoms with Crippen molar-refractivity contribution in [2.45, 2.75) is 45.2 Å². The number of ether oxygens (including phenoxy) is 1. The monoisotopic (exact) mass is 404 g/mol. The topological polar surface area (TPSA) is 59.4 Å². The maximum absolute atomic E-state index is 13.5. The number of carbonyl (C=O) groups is 1. The predicted octanol–water partition coefficient (Wildman–Crippen LogP) is 3.30. The van der Waals surface area contributed by atoms with Gasteiger partial charge in [0, 0.05) is 18.6 Å². The molecule has 6 nitrogen and oxygen atoms in total. The Hall–Kier alpha value is -2.05. The second kappa shape index (κ2) is 8.97. The maximum atomic E-state index is 13.5. The van der Waals surface area contributed by atoms with Crippen molar-refractivity contribution in [2.75, 3.05) is 19.7 Å². The van der Waals surface area contributed by atoms with Gasteiger partial charge >= 0.3 is 0 Å². The summed E-state index contributed by atoms with van der Waals surface area (Å²) in [7, 11) is 0. The number of nitrogens with zero attached hydrogens (tertiary/aromatic N) is 3. The van der Waals surface area contributed by atoms with Gasteiger partial charge in [0.25, 0.3) is 5.91 Å². The van der Waals surface area contributed by atoms with Gasteiger partial charge in [0.2, 0.25) is 0 Å². The van der Waals surface area contributed by atoms with E-state index in [0.717, 1.165) is 38.0 Å². The summed E-state index contributed by atoms with van der Waals surface area (Å²) in [5.74, 6) is 0.959. The molecule has 2 unspecified atom stereocenters. The van der Waals surface area contributed by atoms with Crippen molar-refractivity contribution in [2.24, 2.45) is 5.92 Å². The molecule has 4 rings (SSSR count). The molecule has 1 aromatic carbocycles. The summed E-state index contributed by atoms with van der Waals surface area (Å²) in [6.45, 7) is 6.60. The lowest BCUT2D eigenvalue weighted by Gasteiger charge is -2.27. The molecule has 1 amide bonds. The second-order valence-corrected chi connectivity index (χ2v) is 7.92. The largest absolute Gasteiger partial charge is 0.489 e. The highest BCUT2D eigenvalue weighted by molar-refractivity contribution is 5.95. The number of fused-ring (bicyclic) bond motifs is 2. The van der Waals surface area contributed by atoms with Crippen LogP contribution >= 0.6 is 12.4 Å². The Morgan fingerprint density at radius 2 is 1.96 bits per heavy atom. The molecule has 2 saturated heterocycles. The van der Waals surface area contributed by atoms with Crippen molar-refractivity contribution in [3.8, 4) is 11.4 Å². The van der Waals surface area contributed by atoms with Gasteiger partial charge in [-0.1, -0.05) is 32.0 Å². The smallest absolute Gasteiger partial charge is 0.278 e. The molecule has 2 aliphatic rings. The van der Waals surface area contributed by atoms with E-state index in [9.17, 15) is 4.79 Å². The van der Waals surface area contributed by atoms with Crippen LogP contribution in [0.5, 0.6) is 5.75 Å². The summed E-state index contributed by atoms with van der Waals surface area (Å²) in [4.78, 5) is 15.5. The predicted molar refractivity (Wildman–Crippen MR) is 112 cm³/mol. The number of aromatic nitrogens is 2. The van der Waals surface area contributed by atoms with Gasteiger partial charge in [-0.05, 0) is 43.9 Å². The summed E-state index contributed by atoms with van der Waals surface area (Å²) >= 11 is 0. The molecular formula is C21H29ClN4O2. The van der Waals surface area contributed by atoms with Crippen LogP contribution in [0.2, 0.25) is 0 Å². The van der Waals surface area contributed by atoms with Gasteiger partial charge in [0.05, 0.1) is 18.5 Å². The molecule has 2 fully saturated rings. The lowest BCUT2D eigenvalue weighted by atomic mass is 10.1. The van der Waals surface area contributed by atoms with E-state index in [0.29, 0.717) is 30.0 Å². The zero-order chi connectivity index (χ0) is 18.8. The fraction of sp³-hybridized carbons (Fsp3) is 0.524. The number of carbonyl (C=O) groups excluding carboxylic acids is 1. The third kappa shape index (κ3) is 4.18. The zero-order valence-corrected chi connectivity index (χ0v) is 17.3. The summed E-state index contributed by atoms with van der Waals surface area (Å²) in [6.07, 6.45) is 4.98. The highest BCUT2D eigenvalue weighted by Crippen LogP contribution is 2.32. The first-order valence-electron chi connectivity index (χ1n) is 9.94. The standard InChI is InChI=1S/C21H28N4O2.ClH/c1-15(2)14-27-19-13-24(16-6-4-3-5-7-16)23-20(19)21(26)25-17-8-9-18(25)12-22-11-10-17;/h3-7,13,15,17-18,22H,8-12,14H2,1-2H3;1H. The van der Waals surface area contributed by atoms with E-state index in [4.69, 9.17) is 4.74 Å². The molecule has 0 radical (unpaired) electrons. The molecule has 152 valence electrons. The number of rotatable bonds is 5. The van der Waals surface area contributed by atoms with E-state index < -0.39 is 0 Å². The number of hydrogen-bond donors (Lipinski definition) is 1. The molecule has 7 heteroatoms. The minimum absolute atomic E-state index is 0. The average molecular weight is 405 g/mol. The van der Waals surface area contributed by atoms with Crippen LogP contribution in [0.25, 0.3) is 5.69 Å². The lowest BCUT2D eigenvalue weighted by molar-refractivity contribution is 0.0668. The molecule has 2 bridgehead atoms. The Balaban J connectivity index is 0.00000225. The summed E-state index contributed by atoms with van der Waals surface area (Å²) < 4.78 is 7.74.